The third-order valence-corrected chi connectivity index (χ3v) is 5.85. The van der Waals surface area contributed by atoms with Crippen LogP contribution < -0.4 is 4.74 Å². The number of esters is 2. The van der Waals surface area contributed by atoms with Crippen LogP contribution in [0.15, 0.2) is 116 Å². The number of rotatable bonds is 10. The molecule has 0 aliphatic rings. The summed E-state index contributed by atoms with van der Waals surface area (Å²) in [7, 11) is 0. The zero-order valence-electron chi connectivity index (χ0n) is 20.8. The van der Waals surface area contributed by atoms with Crippen LogP contribution in [0.5, 0.6) is 5.75 Å². The standard InChI is InChI=1S/C33H26O5/c1-3-30(34)21-25-8-13-28-19-23(5-12-29(28)20-25)9-18-33(36)38-31-16-14-27(15-17-31)26-10-6-24(7-11-26)22-37-32(35)4-2/h3-20H,1-2,21-22H2/b18-9+. The molecule has 5 nitrogen and oxygen atoms in total. The molecule has 0 amide bonds. The van der Waals surface area contributed by atoms with Crippen molar-refractivity contribution in [3.63, 3.8) is 0 Å². The van der Waals surface area contributed by atoms with E-state index in [0.717, 1.165) is 44.7 Å². The summed E-state index contributed by atoms with van der Waals surface area (Å²) in [4.78, 5) is 35.2. The van der Waals surface area contributed by atoms with Crippen molar-refractivity contribution in [3.8, 4) is 16.9 Å². The van der Waals surface area contributed by atoms with Gasteiger partial charge in [-0.05, 0) is 68.9 Å². The molecule has 4 aromatic carbocycles. The molecule has 0 atom stereocenters. The predicted octanol–water partition coefficient (Wildman–Crippen LogP) is 6.65. The van der Waals surface area contributed by atoms with Gasteiger partial charge >= 0.3 is 11.9 Å². The molecule has 5 heteroatoms. The van der Waals surface area contributed by atoms with E-state index in [4.69, 9.17) is 9.47 Å². The van der Waals surface area contributed by atoms with Gasteiger partial charge in [0, 0.05) is 18.6 Å². The Morgan fingerprint density at radius 1 is 0.684 bits per heavy atom. The summed E-state index contributed by atoms with van der Waals surface area (Å²) < 4.78 is 10.5. The number of carbonyl (C=O) groups is 3. The molecule has 0 unspecified atom stereocenters. The largest absolute Gasteiger partial charge is 0.458 e. The Morgan fingerprint density at radius 2 is 1.32 bits per heavy atom. The maximum atomic E-state index is 12.4. The van der Waals surface area contributed by atoms with Crippen LogP contribution >= 0.6 is 0 Å². The number of hydrogen-bond acceptors (Lipinski definition) is 5. The van der Waals surface area contributed by atoms with Gasteiger partial charge in [0.2, 0.25) is 0 Å². The first-order valence-electron chi connectivity index (χ1n) is 12.0. The monoisotopic (exact) mass is 502 g/mol. The lowest BCUT2D eigenvalue weighted by atomic mass is 10.0. The van der Waals surface area contributed by atoms with E-state index >= 15 is 0 Å². The average molecular weight is 503 g/mol. The molecule has 0 aliphatic heterocycles. The number of allylic oxidation sites excluding steroid dienone is 1. The first-order valence-corrected chi connectivity index (χ1v) is 12.0. The molecule has 0 aromatic heterocycles. The highest BCUT2D eigenvalue weighted by atomic mass is 16.5. The molecule has 4 aromatic rings. The fourth-order valence-corrected chi connectivity index (χ4v) is 3.84. The Morgan fingerprint density at radius 3 is 2.00 bits per heavy atom. The quantitative estimate of drug-likeness (QED) is 0.138. The molecule has 38 heavy (non-hydrogen) atoms. The smallest absolute Gasteiger partial charge is 0.336 e. The normalized spacial score (nSPS) is 10.7. The Hall–Kier alpha value is -5.03. The van der Waals surface area contributed by atoms with E-state index in [1.807, 2.05) is 72.8 Å². The third-order valence-electron chi connectivity index (χ3n) is 5.85. The van der Waals surface area contributed by atoms with Crippen molar-refractivity contribution in [1.29, 1.82) is 0 Å². The number of benzene rings is 4. The molecule has 0 heterocycles. The van der Waals surface area contributed by atoms with Crippen molar-refractivity contribution in [2.24, 2.45) is 0 Å². The van der Waals surface area contributed by atoms with E-state index < -0.39 is 11.9 Å². The fraction of sp³-hybridized carbons (Fsp3) is 0.0606. The highest BCUT2D eigenvalue weighted by Crippen LogP contribution is 2.24. The first-order chi connectivity index (χ1) is 18.4. The molecule has 0 bridgehead atoms. The van der Waals surface area contributed by atoms with Gasteiger partial charge in [-0.1, -0.05) is 79.9 Å². The van der Waals surface area contributed by atoms with Gasteiger partial charge in [0.15, 0.2) is 5.78 Å². The van der Waals surface area contributed by atoms with Gasteiger partial charge in [0.1, 0.15) is 12.4 Å². The molecular weight excluding hydrogens is 476 g/mol. The minimum absolute atomic E-state index is 0.0172. The SMILES string of the molecule is C=CC(=O)Cc1ccc2cc(/C=C/C(=O)Oc3ccc(-c4ccc(COC(=O)C=C)cc4)cc3)ccc2c1. The molecule has 188 valence electrons. The van der Waals surface area contributed by atoms with Crippen LogP contribution in [0.25, 0.3) is 28.0 Å². The van der Waals surface area contributed by atoms with Crippen molar-refractivity contribution in [2.75, 3.05) is 0 Å². The summed E-state index contributed by atoms with van der Waals surface area (Å²) in [5.74, 6) is -0.512. The molecule has 0 saturated carbocycles. The summed E-state index contributed by atoms with van der Waals surface area (Å²) >= 11 is 0. The Labute approximate surface area is 221 Å². The van der Waals surface area contributed by atoms with E-state index in [1.165, 1.54) is 12.2 Å². The van der Waals surface area contributed by atoms with E-state index in [1.54, 1.807) is 18.2 Å². The van der Waals surface area contributed by atoms with Crippen molar-refractivity contribution >= 4 is 34.6 Å². The first kappa shape index (κ1) is 26.0. The van der Waals surface area contributed by atoms with E-state index in [-0.39, 0.29) is 12.4 Å². The summed E-state index contributed by atoms with van der Waals surface area (Å²) in [5.41, 5.74) is 4.61. The summed E-state index contributed by atoms with van der Waals surface area (Å²) in [6, 6.07) is 26.6. The van der Waals surface area contributed by atoms with E-state index in [2.05, 4.69) is 13.2 Å². The molecule has 0 saturated heterocycles. The second-order valence-electron chi connectivity index (χ2n) is 8.58. The zero-order valence-corrected chi connectivity index (χ0v) is 20.8. The maximum Gasteiger partial charge on any atom is 0.336 e. The summed E-state index contributed by atoms with van der Waals surface area (Å²) in [6.07, 6.45) is 5.89. The average Bonchev–Trinajstić information content (AvgIpc) is 2.95. The van der Waals surface area contributed by atoms with E-state index in [0.29, 0.717) is 12.2 Å². The van der Waals surface area contributed by atoms with Gasteiger partial charge in [-0.15, -0.1) is 0 Å². The van der Waals surface area contributed by atoms with Gasteiger partial charge in [0.05, 0.1) is 0 Å². The van der Waals surface area contributed by atoms with Crippen LogP contribution in [-0.2, 0) is 32.1 Å². The number of hydrogen-bond donors (Lipinski definition) is 0. The number of fused-ring (bicyclic) bond motifs is 1. The minimum Gasteiger partial charge on any atom is -0.458 e. The topological polar surface area (TPSA) is 69.7 Å². The molecule has 0 fully saturated rings. The van der Waals surface area contributed by atoms with Gasteiger partial charge < -0.3 is 9.47 Å². The van der Waals surface area contributed by atoms with Crippen LogP contribution in [0.4, 0.5) is 0 Å². The van der Waals surface area contributed by atoms with Gasteiger partial charge in [-0.3, -0.25) is 4.79 Å². The Kier molecular flexibility index (Phi) is 8.42. The minimum atomic E-state index is -0.477. The number of ketones is 1. The van der Waals surface area contributed by atoms with Crippen LogP contribution in [-0.4, -0.2) is 17.7 Å². The maximum absolute atomic E-state index is 12.4. The molecule has 0 radical (unpaired) electrons. The molecular formula is C33H26O5. The van der Waals surface area contributed by atoms with Crippen molar-refractivity contribution in [2.45, 2.75) is 13.0 Å². The van der Waals surface area contributed by atoms with Crippen molar-refractivity contribution < 1.29 is 23.9 Å². The second kappa shape index (κ2) is 12.3. The molecule has 0 spiro atoms. The van der Waals surface area contributed by atoms with Crippen LogP contribution in [0, 0.1) is 0 Å². The molecule has 4 rings (SSSR count). The lowest BCUT2D eigenvalue weighted by molar-refractivity contribution is -0.139. The third kappa shape index (κ3) is 7.02. The lowest BCUT2D eigenvalue weighted by Crippen LogP contribution is -2.03. The van der Waals surface area contributed by atoms with Crippen molar-refractivity contribution in [1.82, 2.24) is 0 Å². The van der Waals surface area contributed by atoms with Crippen LogP contribution in [0.2, 0.25) is 0 Å². The second-order valence-corrected chi connectivity index (χ2v) is 8.58. The Bertz CT molecular complexity index is 1530. The van der Waals surface area contributed by atoms with Gasteiger partial charge in [-0.2, -0.15) is 0 Å². The summed E-state index contributed by atoms with van der Waals surface area (Å²) in [5, 5.41) is 2.03. The van der Waals surface area contributed by atoms with Crippen LogP contribution in [0.3, 0.4) is 0 Å². The Balaban J connectivity index is 1.34. The predicted molar refractivity (Wildman–Crippen MR) is 149 cm³/mol. The number of ether oxygens (including phenoxy) is 2. The van der Waals surface area contributed by atoms with Gasteiger partial charge in [0.25, 0.3) is 0 Å². The molecule has 0 N–H and O–H groups in total. The highest BCUT2D eigenvalue weighted by molar-refractivity contribution is 5.93. The fourth-order valence-electron chi connectivity index (χ4n) is 3.84. The zero-order chi connectivity index (χ0) is 26.9. The lowest BCUT2D eigenvalue weighted by Gasteiger charge is -2.07. The molecule has 0 aliphatic carbocycles. The number of carbonyl (C=O) groups excluding carboxylic acids is 3. The van der Waals surface area contributed by atoms with E-state index in [9.17, 15) is 14.4 Å². The van der Waals surface area contributed by atoms with Crippen molar-refractivity contribution in [3.05, 3.63) is 133 Å². The van der Waals surface area contributed by atoms with Crippen LogP contribution in [0.1, 0.15) is 16.7 Å². The van der Waals surface area contributed by atoms with Gasteiger partial charge in [-0.25, -0.2) is 9.59 Å². The highest BCUT2D eigenvalue weighted by Gasteiger charge is 2.05. The summed E-state index contributed by atoms with van der Waals surface area (Å²) in [6.45, 7) is 7.08.